The molecule has 11 heteroatoms. The van der Waals surface area contributed by atoms with Gasteiger partial charge >= 0.3 is 5.69 Å². The van der Waals surface area contributed by atoms with Crippen LogP contribution in [0.1, 0.15) is 30.6 Å². The van der Waals surface area contributed by atoms with Gasteiger partial charge < -0.3 is 20.1 Å². The van der Waals surface area contributed by atoms with Crippen LogP contribution >= 0.6 is 0 Å². The Balaban J connectivity index is 1.41. The molecule has 166 valence electrons. The number of rotatable bonds is 6. The number of phenols is 1. The second-order valence-corrected chi connectivity index (χ2v) is 9.08. The third-order valence-electron chi connectivity index (χ3n) is 5.63. The lowest BCUT2D eigenvalue weighted by Crippen LogP contribution is -2.39. The van der Waals surface area contributed by atoms with Crippen LogP contribution < -0.4 is 15.6 Å². The molecule has 0 aliphatic carbocycles. The summed E-state index contributed by atoms with van der Waals surface area (Å²) in [5.41, 5.74) is 1.97. The topological polar surface area (TPSA) is 154 Å². The van der Waals surface area contributed by atoms with Crippen LogP contribution in [-0.4, -0.2) is 52.7 Å². The highest BCUT2D eigenvalue weighted by Gasteiger charge is 2.25. The molecular weight excluding hydrogens is 422 g/mol. The van der Waals surface area contributed by atoms with Crippen LogP contribution in [0.3, 0.4) is 0 Å². The smallest absolute Gasteiger partial charge is 0.326 e. The first-order chi connectivity index (χ1) is 14.7. The number of hydrogen-bond acceptors (Lipinski definition) is 6. The van der Waals surface area contributed by atoms with Gasteiger partial charge in [-0.2, -0.15) is 8.42 Å². The van der Waals surface area contributed by atoms with Crippen molar-refractivity contribution in [2.45, 2.75) is 25.0 Å². The molecule has 0 saturated carbocycles. The first kappa shape index (κ1) is 21.4. The van der Waals surface area contributed by atoms with Gasteiger partial charge in [-0.1, -0.05) is 18.2 Å². The summed E-state index contributed by atoms with van der Waals surface area (Å²) in [7, 11) is -4.05. The van der Waals surface area contributed by atoms with E-state index in [0.29, 0.717) is 25.2 Å². The van der Waals surface area contributed by atoms with E-state index in [1.165, 1.54) is 18.2 Å². The summed E-state index contributed by atoms with van der Waals surface area (Å²) in [6.07, 6.45) is 0.652. The van der Waals surface area contributed by atoms with Crippen LogP contribution in [0.5, 0.6) is 5.75 Å². The number of nitrogens with two attached hydrogens (primary N) is 1. The van der Waals surface area contributed by atoms with Gasteiger partial charge in [0.25, 0.3) is 10.2 Å². The molecule has 3 aromatic rings. The molecule has 10 nitrogen and oxygen atoms in total. The van der Waals surface area contributed by atoms with Crippen LogP contribution in [-0.2, 0) is 10.2 Å². The number of imidazole rings is 1. The number of nitrogens with zero attached hydrogens (tertiary/aromatic N) is 2. The SMILES string of the molecule is NS(=O)(=O)Nc1cc(C(O)CN2CCC(n3c(=O)[nH]c4ccccc43)CC2)ccc1O. The number of aliphatic hydroxyl groups is 1. The van der Waals surface area contributed by atoms with E-state index in [0.717, 1.165) is 23.9 Å². The van der Waals surface area contributed by atoms with Crippen molar-refractivity contribution in [3.8, 4) is 5.75 Å². The largest absolute Gasteiger partial charge is 0.506 e. The molecule has 1 aromatic heterocycles. The van der Waals surface area contributed by atoms with Crippen LogP contribution in [0.4, 0.5) is 5.69 Å². The molecule has 6 N–H and O–H groups in total. The highest BCUT2D eigenvalue weighted by molar-refractivity contribution is 7.90. The lowest BCUT2D eigenvalue weighted by Gasteiger charge is -2.33. The molecule has 4 rings (SSSR count). The maximum absolute atomic E-state index is 12.4. The zero-order valence-corrected chi connectivity index (χ0v) is 17.5. The predicted octanol–water partition coefficient (Wildman–Crippen LogP) is 1.02. The van der Waals surface area contributed by atoms with Gasteiger partial charge in [-0.05, 0) is 42.7 Å². The van der Waals surface area contributed by atoms with E-state index in [1.54, 1.807) is 0 Å². The van der Waals surface area contributed by atoms with Gasteiger partial charge in [0.05, 0.1) is 22.8 Å². The number of anilines is 1. The van der Waals surface area contributed by atoms with Gasteiger partial charge in [0.2, 0.25) is 0 Å². The van der Waals surface area contributed by atoms with Crippen molar-refractivity contribution in [3.05, 3.63) is 58.5 Å². The van der Waals surface area contributed by atoms with Crippen molar-refractivity contribution in [3.63, 3.8) is 0 Å². The highest BCUT2D eigenvalue weighted by atomic mass is 32.2. The molecule has 0 amide bonds. The van der Waals surface area contributed by atoms with Crippen LogP contribution in [0.2, 0.25) is 0 Å². The molecule has 2 heterocycles. The zero-order valence-electron chi connectivity index (χ0n) is 16.7. The predicted molar refractivity (Wildman–Crippen MR) is 117 cm³/mol. The number of aromatic nitrogens is 2. The number of phenolic OH excluding ortho intramolecular Hbond substituents is 1. The lowest BCUT2D eigenvalue weighted by molar-refractivity contribution is 0.0907. The number of benzene rings is 2. The summed E-state index contributed by atoms with van der Waals surface area (Å²) >= 11 is 0. The Morgan fingerprint density at radius 3 is 2.61 bits per heavy atom. The van der Waals surface area contributed by atoms with Crippen molar-refractivity contribution in [2.24, 2.45) is 5.14 Å². The molecule has 2 aromatic carbocycles. The van der Waals surface area contributed by atoms with E-state index in [4.69, 9.17) is 5.14 Å². The molecule has 1 fully saturated rings. The van der Waals surface area contributed by atoms with Crippen molar-refractivity contribution in [1.29, 1.82) is 0 Å². The summed E-state index contributed by atoms with van der Waals surface area (Å²) < 4.78 is 26.3. The van der Waals surface area contributed by atoms with Gasteiger partial charge in [-0.3, -0.25) is 9.29 Å². The highest BCUT2D eigenvalue weighted by Crippen LogP contribution is 2.29. The fraction of sp³-hybridized carbons (Fsp3) is 0.350. The number of likely N-dealkylation sites (tertiary alicyclic amines) is 1. The fourth-order valence-electron chi connectivity index (χ4n) is 4.14. The minimum atomic E-state index is -4.05. The molecule has 1 atom stereocenters. The number of para-hydroxylation sites is 2. The second kappa shape index (κ2) is 8.35. The minimum absolute atomic E-state index is 0.0799. The zero-order chi connectivity index (χ0) is 22.2. The van der Waals surface area contributed by atoms with E-state index in [9.17, 15) is 23.4 Å². The average Bonchev–Trinajstić information content (AvgIpc) is 3.05. The van der Waals surface area contributed by atoms with E-state index >= 15 is 0 Å². The van der Waals surface area contributed by atoms with Crippen molar-refractivity contribution in [2.75, 3.05) is 24.4 Å². The van der Waals surface area contributed by atoms with Gasteiger partial charge in [0.1, 0.15) is 5.75 Å². The van der Waals surface area contributed by atoms with Crippen LogP contribution in [0.25, 0.3) is 11.0 Å². The number of β-amino-alcohol motifs (C(OH)–C–C–N with tert-alkyl or cyclic N) is 1. The first-order valence-electron chi connectivity index (χ1n) is 9.94. The maximum atomic E-state index is 12.4. The number of aromatic amines is 1. The summed E-state index contributed by atoms with van der Waals surface area (Å²) in [5.74, 6) is -0.282. The van der Waals surface area contributed by atoms with Crippen LogP contribution in [0.15, 0.2) is 47.3 Å². The monoisotopic (exact) mass is 447 g/mol. The molecule has 1 saturated heterocycles. The number of nitrogens with one attached hydrogen (secondary N) is 2. The summed E-state index contributed by atoms with van der Waals surface area (Å²) in [5, 5.41) is 25.4. The molecule has 1 aliphatic heterocycles. The number of aliphatic hydroxyl groups excluding tert-OH is 1. The summed E-state index contributed by atoms with van der Waals surface area (Å²) in [6.45, 7) is 1.75. The Kier molecular flexibility index (Phi) is 5.75. The number of piperidine rings is 1. The van der Waals surface area contributed by atoms with E-state index in [1.807, 2.05) is 33.6 Å². The van der Waals surface area contributed by atoms with Gasteiger partial charge in [-0.25, -0.2) is 9.93 Å². The Bertz CT molecular complexity index is 1240. The molecule has 0 radical (unpaired) electrons. The lowest BCUT2D eigenvalue weighted by atomic mass is 10.0. The van der Waals surface area contributed by atoms with E-state index in [-0.39, 0.29) is 23.2 Å². The Hall–Kier alpha value is -2.86. The Labute approximate surface area is 179 Å². The maximum Gasteiger partial charge on any atom is 0.326 e. The standard InChI is InChI=1S/C20H25N5O5S/c21-31(29,30)23-16-11-13(5-6-18(16)26)19(27)12-24-9-7-14(8-10-24)25-17-4-2-1-3-15(17)22-20(25)28/h1-6,11,14,19,23,26-27H,7-10,12H2,(H,22,28)(H2,21,29,30). The molecule has 31 heavy (non-hydrogen) atoms. The average molecular weight is 448 g/mol. The summed E-state index contributed by atoms with van der Waals surface area (Å²) in [4.78, 5) is 17.4. The fourth-order valence-corrected chi connectivity index (χ4v) is 4.61. The number of H-pyrrole nitrogens is 1. The first-order valence-corrected chi connectivity index (χ1v) is 11.5. The van der Waals surface area contributed by atoms with Crippen molar-refractivity contribution >= 4 is 26.9 Å². The Morgan fingerprint density at radius 2 is 1.90 bits per heavy atom. The minimum Gasteiger partial charge on any atom is -0.506 e. The van der Waals surface area contributed by atoms with Crippen LogP contribution in [0, 0.1) is 0 Å². The van der Waals surface area contributed by atoms with Crippen molar-refractivity contribution < 1.29 is 18.6 Å². The summed E-state index contributed by atoms with van der Waals surface area (Å²) in [6, 6.07) is 11.9. The van der Waals surface area contributed by atoms with Gasteiger partial charge in [-0.15, -0.1) is 0 Å². The molecule has 0 bridgehead atoms. The third-order valence-corrected chi connectivity index (χ3v) is 6.14. The van der Waals surface area contributed by atoms with Crippen molar-refractivity contribution in [1.82, 2.24) is 14.5 Å². The molecule has 0 spiro atoms. The van der Waals surface area contributed by atoms with Gasteiger partial charge in [0.15, 0.2) is 0 Å². The van der Waals surface area contributed by atoms with E-state index in [2.05, 4.69) is 9.88 Å². The molecule has 1 unspecified atom stereocenters. The second-order valence-electron chi connectivity index (χ2n) is 7.79. The number of hydrogen-bond donors (Lipinski definition) is 5. The molecule has 1 aliphatic rings. The number of fused-ring (bicyclic) bond motifs is 1. The molecular formula is C20H25N5O5S. The Morgan fingerprint density at radius 1 is 1.19 bits per heavy atom. The number of aromatic hydroxyl groups is 1. The van der Waals surface area contributed by atoms with E-state index < -0.39 is 16.3 Å². The van der Waals surface area contributed by atoms with Gasteiger partial charge in [0, 0.05) is 25.7 Å². The quantitative estimate of drug-likeness (QED) is 0.356. The normalized spacial score (nSPS) is 17.1. The third kappa shape index (κ3) is 4.74.